The number of fused-ring (bicyclic) bond motifs is 1. The quantitative estimate of drug-likeness (QED) is 0.463. The van der Waals surface area contributed by atoms with Crippen LogP contribution in [0.2, 0.25) is 0 Å². The second-order valence-corrected chi connectivity index (χ2v) is 9.73. The topological polar surface area (TPSA) is 104 Å². The van der Waals surface area contributed by atoms with Crippen molar-refractivity contribution in [2.45, 2.75) is 52.1 Å². The van der Waals surface area contributed by atoms with Gasteiger partial charge in [-0.2, -0.15) is 0 Å². The minimum absolute atomic E-state index is 0.00861. The average molecular weight is 471 g/mol. The smallest absolute Gasteiger partial charge is 0.331 e. The number of nitrogens with one attached hydrogen (secondary N) is 2. The molecule has 2 aromatic rings. The van der Waals surface area contributed by atoms with Gasteiger partial charge in [0.1, 0.15) is 0 Å². The number of benzene rings is 1. The van der Waals surface area contributed by atoms with E-state index in [1.165, 1.54) is 11.8 Å². The molecule has 0 saturated heterocycles. The van der Waals surface area contributed by atoms with E-state index in [0.717, 1.165) is 16.5 Å². The Balaban J connectivity index is 2.18. The molecule has 1 aromatic carbocycles. The third-order valence-corrected chi connectivity index (χ3v) is 6.56. The molecule has 1 aromatic heterocycles. The van der Waals surface area contributed by atoms with Crippen molar-refractivity contribution in [1.82, 2.24) is 20.1 Å². The van der Waals surface area contributed by atoms with Crippen molar-refractivity contribution >= 4 is 28.7 Å². The van der Waals surface area contributed by atoms with E-state index in [9.17, 15) is 19.5 Å². The fraction of sp³-hybridized carbons (Fsp3) is 0.500. The summed E-state index contributed by atoms with van der Waals surface area (Å²) in [5.74, 6) is -1.58. The number of carbonyl (C=O) groups excluding carboxylic acids is 2. The van der Waals surface area contributed by atoms with Gasteiger partial charge in [-0.1, -0.05) is 52.0 Å². The van der Waals surface area contributed by atoms with E-state index < -0.39 is 23.5 Å². The summed E-state index contributed by atoms with van der Waals surface area (Å²) in [6, 6.07) is 7.09. The van der Waals surface area contributed by atoms with Gasteiger partial charge in [-0.05, 0) is 31.5 Å². The number of aromatic nitrogens is 1. The van der Waals surface area contributed by atoms with Gasteiger partial charge in [-0.15, -0.1) is 0 Å². The molecular weight excluding hydrogens is 432 g/mol. The minimum atomic E-state index is -1.02. The number of hydrogen-bond acceptors (Lipinski definition) is 4. The number of carboxylic acids is 1. The number of hydrogen-bond donors (Lipinski definition) is 3. The van der Waals surface area contributed by atoms with E-state index in [0.29, 0.717) is 0 Å². The summed E-state index contributed by atoms with van der Waals surface area (Å²) in [7, 11) is 5.34. The molecule has 0 aliphatic heterocycles. The highest BCUT2D eigenvalue weighted by Gasteiger charge is 2.38. The van der Waals surface area contributed by atoms with Crippen LogP contribution in [0.25, 0.3) is 10.9 Å². The first-order valence-corrected chi connectivity index (χ1v) is 11.5. The van der Waals surface area contributed by atoms with Crippen LogP contribution in [0.4, 0.5) is 0 Å². The molecule has 0 unspecified atom stereocenters. The van der Waals surface area contributed by atoms with Gasteiger partial charge in [0.2, 0.25) is 11.8 Å². The van der Waals surface area contributed by atoms with Crippen LogP contribution in [0, 0.1) is 5.92 Å². The number of aliphatic carboxylic acids is 1. The Labute approximate surface area is 202 Å². The highest BCUT2D eigenvalue weighted by molar-refractivity contribution is 5.91. The van der Waals surface area contributed by atoms with Gasteiger partial charge in [0.05, 0.1) is 18.6 Å². The molecule has 8 nitrogen and oxygen atoms in total. The molecule has 0 saturated carbocycles. The lowest BCUT2D eigenvalue weighted by Gasteiger charge is -2.34. The van der Waals surface area contributed by atoms with Crippen molar-refractivity contribution in [2.75, 3.05) is 20.6 Å². The minimum Gasteiger partial charge on any atom is -0.478 e. The first kappa shape index (κ1) is 27.1. The number of rotatable bonds is 10. The van der Waals surface area contributed by atoms with Crippen molar-refractivity contribution in [3.63, 3.8) is 0 Å². The fourth-order valence-corrected chi connectivity index (χ4v) is 4.46. The van der Waals surface area contributed by atoms with Gasteiger partial charge in [0.15, 0.2) is 0 Å². The molecule has 34 heavy (non-hydrogen) atoms. The van der Waals surface area contributed by atoms with Gasteiger partial charge >= 0.3 is 5.97 Å². The van der Waals surface area contributed by atoms with E-state index in [1.54, 1.807) is 20.2 Å². The molecule has 1 heterocycles. The van der Waals surface area contributed by atoms with Crippen LogP contribution in [0.5, 0.6) is 0 Å². The number of nitrogens with zero attached hydrogens (tertiary/aromatic N) is 2. The molecule has 2 rings (SSSR count). The molecule has 2 amide bonds. The number of carbonyl (C=O) groups is 3. The third-order valence-electron chi connectivity index (χ3n) is 6.56. The van der Waals surface area contributed by atoms with E-state index >= 15 is 0 Å². The summed E-state index contributed by atoms with van der Waals surface area (Å²) in [6.45, 7) is 9.19. The maximum atomic E-state index is 13.2. The maximum absolute atomic E-state index is 13.2. The highest BCUT2D eigenvalue weighted by Crippen LogP contribution is 2.34. The molecular formula is C26H38N4O4. The van der Waals surface area contributed by atoms with E-state index in [2.05, 4.69) is 10.6 Å². The van der Waals surface area contributed by atoms with Crippen molar-refractivity contribution in [2.24, 2.45) is 13.0 Å². The monoisotopic (exact) mass is 470 g/mol. The van der Waals surface area contributed by atoms with Gasteiger partial charge in [-0.25, -0.2) is 4.79 Å². The summed E-state index contributed by atoms with van der Waals surface area (Å²) in [5, 5.41) is 16.2. The highest BCUT2D eigenvalue weighted by atomic mass is 16.4. The van der Waals surface area contributed by atoms with Crippen LogP contribution in [0.3, 0.4) is 0 Å². The summed E-state index contributed by atoms with van der Waals surface area (Å²) < 4.78 is 2.05. The molecule has 0 bridgehead atoms. The molecule has 3 N–H and O–H groups in total. The van der Waals surface area contributed by atoms with Crippen LogP contribution >= 0.6 is 0 Å². The first-order valence-electron chi connectivity index (χ1n) is 11.5. The van der Waals surface area contributed by atoms with Gasteiger partial charge < -0.3 is 25.2 Å². The zero-order valence-corrected chi connectivity index (χ0v) is 21.5. The Bertz CT molecular complexity index is 1080. The maximum Gasteiger partial charge on any atom is 0.331 e. The van der Waals surface area contributed by atoms with E-state index in [1.807, 2.05) is 69.8 Å². The Morgan fingerprint density at radius 3 is 2.38 bits per heavy atom. The predicted octanol–water partition coefficient (Wildman–Crippen LogP) is 2.67. The van der Waals surface area contributed by atoms with Crippen molar-refractivity contribution < 1.29 is 19.5 Å². The van der Waals surface area contributed by atoms with Crippen LogP contribution < -0.4 is 10.6 Å². The summed E-state index contributed by atoms with van der Waals surface area (Å²) in [6.07, 6.45) is 3.62. The van der Waals surface area contributed by atoms with Gasteiger partial charge in [0.25, 0.3) is 0 Å². The molecule has 0 spiro atoms. The fourth-order valence-electron chi connectivity index (χ4n) is 4.46. The number of likely N-dealkylation sites (N-methyl/N-ethyl adjacent to an activating group) is 2. The first-order chi connectivity index (χ1) is 15.8. The second kappa shape index (κ2) is 10.9. The Morgan fingerprint density at radius 1 is 1.21 bits per heavy atom. The second-order valence-electron chi connectivity index (χ2n) is 9.73. The SMILES string of the molecule is CN[C@H](C(=O)NCC(=O)N(C)[C@H](/C=C(\C)C(=O)O)C(C)C)C(C)(C)c1cn(C)c2ccccc12. The lowest BCUT2D eigenvalue weighted by atomic mass is 9.77. The molecule has 0 aliphatic carbocycles. The standard InChI is InChI=1S/C26H38N4O4/c1-16(2)21(13-17(3)25(33)34)30(8)22(31)14-28-24(32)23(27-6)26(4,5)19-15-29(7)20-12-10-9-11-18(19)20/h9-13,15-16,21,23,27H,14H2,1-8H3,(H,28,32)(H,33,34)/b17-13+/t21-,23-/m1/s1. The molecule has 186 valence electrons. The normalized spacial score (nSPS) is 14.2. The van der Waals surface area contributed by atoms with Crippen molar-refractivity contribution in [1.29, 1.82) is 0 Å². The summed E-state index contributed by atoms with van der Waals surface area (Å²) >= 11 is 0. The lowest BCUT2D eigenvalue weighted by molar-refractivity contribution is -0.134. The molecule has 8 heteroatoms. The summed E-state index contributed by atoms with van der Waals surface area (Å²) in [4.78, 5) is 38.8. The van der Waals surface area contributed by atoms with Crippen molar-refractivity contribution in [3.05, 3.63) is 47.7 Å². The Morgan fingerprint density at radius 2 is 1.82 bits per heavy atom. The van der Waals surface area contributed by atoms with E-state index in [4.69, 9.17) is 0 Å². The lowest BCUT2D eigenvalue weighted by Crippen LogP contribution is -2.55. The zero-order valence-electron chi connectivity index (χ0n) is 21.5. The third kappa shape index (κ3) is 5.67. The largest absolute Gasteiger partial charge is 0.478 e. The number of aryl methyl sites for hydroxylation is 1. The zero-order chi connectivity index (χ0) is 25.8. The van der Waals surface area contributed by atoms with Crippen molar-refractivity contribution in [3.8, 4) is 0 Å². The molecule has 2 atom stereocenters. The molecule has 0 radical (unpaired) electrons. The van der Waals surface area contributed by atoms with Gasteiger partial charge in [-0.3, -0.25) is 9.59 Å². The Kier molecular flexibility index (Phi) is 8.66. The van der Waals surface area contributed by atoms with Crippen LogP contribution in [-0.4, -0.2) is 65.1 Å². The molecule has 0 fully saturated rings. The van der Waals surface area contributed by atoms with Crippen LogP contribution in [-0.2, 0) is 26.8 Å². The van der Waals surface area contributed by atoms with Crippen LogP contribution in [0.15, 0.2) is 42.1 Å². The van der Waals surface area contributed by atoms with E-state index in [-0.39, 0.29) is 29.9 Å². The molecule has 0 aliphatic rings. The van der Waals surface area contributed by atoms with Gasteiger partial charge in [0, 0.05) is 42.2 Å². The van der Waals surface area contributed by atoms with Crippen LogP contribution in [0.1, 0.15) is 40.2 Å². The Hall–Kier alpha value is -3.13. The number of amides is 2. The average Bonchev–Trinajstić information content (AvgIpc) is 3.12. The summed E-state index contributed by atoms with van der Waals surface area (Å²) in [5.41, 5.74) is 1.74. The number of carboxylic acid groups (broad SMARTS) is 1. The number of para-hydroxylation sites is 1. The predicted molar refractivity (Wildman–Crippen MR) is 135 cm³/mol.